The third kappa shape index (κ3) is 3.57. The molecule has 3 nitrogen and oxygen atoms in total. The van der Waals surface area contributed by atoms with Crippen LogP contribution in [-0.4, -0.2) is 17.6 Å². The van der Waals surface area contributed by atoms with Crippen molar-refractivity contribution >= 4 is 21.9 Å². The normalized spacial score (nSPS) is 12.4. The van der Waals surface area contributed by atoms with Crippen LogP contribution >= 0.6 is 15.9 Å². The predicted molar refractivity (Wildman–Crippen MR) is 62.6 cm³/mol. The third-order valence-electron chi connectivity index (χ3n) is 2.34. The Morgan fingerprint density at radius 2 is 2.25 bits per heavy atom. The number of carbonyl (C=O) groups is 1. The van der Waals surface area contributed by atoms with E-state index in [2.05, 4.69) is 15.9 Å². The average molecular weight is 290 g/mol. The van der Waals surface area contributed by atoms with Gasteiger partial charge in [0.25, 0.3) is 0 Å². The number of benzene rings is 1. The van der Waals surface area contributed by atoms with Crippen LogP contribution in [0, 0.1) is 11.7 Å². The van der Waals surface area contributed by atoms with Crippen LogP contribution in [0.3, 0.4) is 0 Å². The number of carboxylic acid groups (broad SMARTS) is 1. The van der Waals surface area contributed by atoms with Crippen LogP contribution in [0.5, 0.6) is 0 Å². The summed E-state index contributed by atoms with van der Waals surface area (Å²) in [4.78, 5) is 10.9. The maximum Gasteiger partial charge on any atom is 0.306 e. The molecule has 0 saturated heterocycles. The molecule has 0 bridgehead atoms. The Kier molecular flexibility index (Phi) is 4.89. The van der Waals surface area contributed by atoms with Crippen LogP contribution in [0.25, 0.3) is 0 Å². The monoisotopic (exact) mass is 289 g/mol. The second-order valence-electron chi connectivity index (χ2n) is 3.55. The standard InChI is InChI=1S/C11H13BrFNO2/c12-10-2-1-9(13)6-8(10)5-7(3-4-14)11(15)16/h1-2,6-7H,3-5,14H2,(H,15,16). The van der Waals surface area contributed by atoms with Crippen LogP contribution in [-0.2, 0) is 11.2 Å². The fourth-order valence-corrected chi connectivity index (χ4v) is 1.89. The van der Waals surface area contributed by atoms with Crippen molar-refractivity contribution in [3.8, 4) is 0 Å². The lowest BCUT2D eigenvalue weighted by molar-refractivity contribution is -0.141. The molecule has 3 N–H and O–H groups in total. The molecule has 1 aromatic carbocycles. The van der Waals surface area contributed by atoms with E-state index in [1.54, 1.807) is 6.07 Å². The fourth-order valence-electron chi connectivity index (χ4n) is 1.48. The molecular formula is C11H13BrFNO2. The zero-order valence-electron chi connectivity index (χ0n) is 8.62. The first kappa shape index (κ1) is 13.1. The summed E-state index contributed by atoms with van der Waals surface area (Å²) >= 11 is 3.27. The van der Waals surface area contributed by atoms with Crippen LogP contribution in [0.1, 0.15) is 12.0 Å². The minimum atomic E-state index is -0.901. The zero-order valence-corrected chi connectivity index (χ0v) is 10.2. The van der Waals surface area contributed by atoms with Crippen molar-refractivity contribution in [2.75, 3.05) is 6.54 Å². The molecule has 88 valence electrons. The Labute approximate surface area is 102 Å². The lowest BCUT2D eigenvalue weighted by Crippen LogP contribution is -2.20. The first-order valence-electron chi connectivity index (χ1n) is 4.91. The summed E-state index contributed by atoms with van der Waals surface area (Å²) in [5, 5.41) is 8.96. The largest absolute Gasteiger partial charge is 0.481 e. The topological polar surface area (TPSA) is 63.3 Å². The van der Waals surface area contributed by atoms with Gasteiger partial charge >= 0.3 is 5.97 Å². The number of rotatable bonds is 5. The van der Waals surface area contributed by atoms with Crippen molar-refractivity contribution in [3.63, 3.8) is 0 Å². The first-order valence-corrected chi connectivity index (χ1v) is 5.70. The van der Waals surface area contributed by atoms with Gasteiger partial charge < -0.3 is 10.8 Å². The Hall–Kier alpha value is -0.940. The minimum Gasteiger partial charge on any atom is -0.481 e. The van der Waals surface area contributed by atoms with Crippen molar-refractivity contribution in [2.45, 2.75) is 12.8 Å². The van der Waals surface area contributed by atoms with E-state index in [1.807, 2.05) is 0 Å². The summed E-state index contributed by atoms with van der Waals surface area (Å²) in [7, 11) is 0. The van der Waals surface area contributed by atoms with Crippen LogP contribution in [0.2, 0.25) is 0 Å². The quantitative estimate of drug-likeness (QED) is 0.873. The number of halogens is 2. The molecule has 0 amide bonds. The van der Waals surface area contributed by atoms with Gasteiger partial charge in [-0.05, 0) is 43.1 Å². The lowest BCUT2D eigenvalue weighted by atomic mass is 9.96. The van der Waals surface area contributed by atoms with Gasteiger partial charge in [-0.25, -0.2) is 4.39 Å². The maximum atomic E-state index is 13.0. The van der Waals surface area contributed by atoms with Gasteiger partial charge in [0.15, 0.2) is 0 Å². The minimum absolute atomic E-state index is 0.283. The van der Waals surface area contributed by atoms with E-state index in [4.69, 9.17) is 10.8 Å². The second kappa shape index (κ2) is 5.96. The summed E-state index contributed by atoms with van der Waals surface area (Å²) in [6.45, 7) is 0.309. The van der Waals surface area contributed by atoms with Crippen molar-refractivity contribution in [2.24, 2.45) is 11.7 Å². The molecule has 0 fully saturated rings. The number of carboxylic acids is 1. The van der Waals surface area contributed by atoms with Gasteiger partial charge in [-0.2, -0.15) is 0 Å². The van der Waals surface area contributed by atoms with Crippen LogP contribution in [0.4, 0.5) is 4.39 Å². The molecule has 0 aliphatic rings. The SMILES string of the molecule is NCCC(Cc1cc(F)ccc1Br)C(=O)O. The number of nitrogens with two attached hydrogens (primary N) is 1. The highest BCUT2D eigenvalue weighted by Gasteiger charge is 2.18. The van der Waals surface area contributed by atoms with Crippen molar-refractivity contribution in [3.05, 3.63) is 34.1 Å². The van der Waals surface area contributed by atoms with Gasteiger partial charge in [0.2, 0.25) is 0 Å². The molecular weight excluding hydrogens is 277 g/mol. The van der Waals surface area contributed by atoms with E-state index in [0.29, 0.717) is 18.5 Å². The van der Waals surface area contributed by atoms with E-state index in [9.17, 15) is 9.18 Å². The molecule has 0 radical (unpaired) electrons. The van der Waals surface area contributed by atoms with Crippen molar-refractivity contribution in [1.29, 1.82) is 0 Å². The zero-order chi connectivity index (χ0) is 12.1. The first-order chi connectivity index (χ1) is 7.54. The number of hydrogen-bond acceptors (Lipinski definition) is 2. The van der Waals surface area contributed by atoms with Crippen LogP contribution < -0.4 is 5.73 Å². The molecule has 0 heterocycles. The summed E-state index contributed by atoms with van der Waals surface area (Å²) in [6, 6.07) is 4.24. The molecule has 0 saturated carbocycles. The fraction of sp³-hybridized carbons (Fsp3) is 0.364. The maximum absolute atomic E-state index is 13.0. The summed E-state index contributed by atoms with van der Waals surface area (Å²) < 4.78 is 13.7. The highest BCUT2D eigenvalue weighted by molar-refractivity contribution is 9.10. The summed E-state index contributed by atoms with van der Waals surface area (Å²) in [5.74, 6) is -1.83. The van der Waals surface area contributed by atoms with Gasteiger partial charge in [-0.3, -0.25) is 4.79 Å². The van der Waals surface area contributed by atoms with E-state index >= 15 is 0 Å². The highest BCUT2D eigenvalue weighted by Crippen LogP contribution is 2.22. The smallest absolute Gasteiger partial charge is 0.306 e. The summed E-state index contributed by atoms with van der Waals surface area (Å²) in [6.07, 6.45) is 0.670. The number of hydrogen-bond donors (Lipinski definition) is 2. The molecule has 1 rings (SSSR count). The lowest BCUT2D eigenvalue weighted by Gasteiger charge is -2.12. The van der Waals surface area contributed by atoms with Gasteiger partial charge in [-0.1, -0.05) is 15.9 Å². The highest BCUT2D eigenvalue weighted by atomic mass is 79.9. The summed E-state index contributed by atoms with van der Waals surface area (Å²) in [5.41, 5.74) is 5.99. The molecule has 0 aliphatic carbocycles. The molecule has 0 aromatic heterocycles. The number of aliphatic carboxylic acids is 1. The third-order valence-corrected chi connectivity index (χ3v) is 3.11. The van der Waals surface area contributed by atoms with Gasteiger partial charge in [0, 0.05) is 4.47 Å². The Morgan fingerprint density at radius 3 is 2.81 bits per heavy atom. The van der Waals surface area contributed by atoms with E-state index in [0.717, 1.165) is 4.47 Å². The Balaban J connectivity index is 2.84. The van der Waals surface area contributed by atoms with Crippen LogP contribution in [0.15, 0.2) is 22.7 Å². The average Bonchev–Trinajstić information content (AvgIpc) is 2.22. The van der Waals surface area contributed by atoms with Crippen molar-refractivity contribution < 1.29 is 14.3 Å². The van der Waals surface area contributed by atoms with Crippen molar-refractivity contribution in [1.82, 2.24) is 0 Å². The van der Waals surface area contributed by atoms with Gasteiger partial charge in [-0.15, -0.1) is 0 Å². The second-order valence-corrected chi connectivity index (χ2v) is 4.41. The molecule has 0 spiro atoms. The molecule has 1 aromatic rings. The Bertz CT molecular complexity index is 384. The molecule has 16 heavy (non-hydrogen) atoms. The van der Waals surface area contributed by atoms with E-state index in [-0.39, 0.29) is 12.2 Å². The Morgan fingerprint density at radius 1 is 1.56 bits per heavy atom. The van der Waals surface area contributed by atoms with E-state index < -0.39 is 11.9 Å². The molecule has 1 atom stereocenters. The predicted octanol–water partition coefficient (Wildman–Crippen LogP) is 2.18. The molecule has 0 aliphatic heterocycles. The molecule has 5 heteroatoms. The molecule has 1 unspecified atom stereocenters. The van der Waals surface area contributed by atoms with Gasteiger partial charge in [0.1, 0.15) is 5.82 Å². The van der Waals surface area contributed by atoms with E-state index in [1.165, 1.54) is 12.1 Å². The van der Waals surface area contributed by atoms with Gasteiger partial charge in [0.05, 0.1) is 5.92 Å².